The summed E-state index contributed by atoms with van der Waals surface area (Å²) in [5.74, 6) is -2.97. The van der Waals surface area contributed by atoms with Crippen LogP contribution in [0.3, 0.4) is 0 Å². The Bertz CT molecular complexity index is 993. The molecule has 1 aliphatic heterocycles. The number of nitrogens with zero attached hydrogens (tertiary/aromatic N) is 1. The highest BCUT2D eigenvalue weighted by atomic mass is 16.6. The summed E-state index contributed by atoms with van der Waals surface area (Å²) < 4.78 is 5.47. The van der Waals surface area contributed by atoms with Crippen LogP contribution >= 0.6 is 0 Å². The predicted molar refractivity (Wildman–Crippen MR) is 143 cm³/mol. The maximum absolute atomic E-state index is 14.1. The number of hydrogen-bond donors (Lipinski definition) is 3. The lowest BCUT2D eigenvalue weighted by Crippen LogP contribution is -2.59. The van der Waals surface area contributed by atoms with E-state index in [-0.39, 0.29) is 35.5 Å². The zero-order valence-electron chi connectivity index (χ0n) is 24.0. The summed E-state index contributed by atoms with van der Waals surface area (Å²) in [6.45, 7) is 9.80. The number of aliphatic carboxylic acids is 1. The molecule has 0 bridgehead atoms. The number of alkyl carbamates (subject to hydrolysis) is 1. The van der Waals surface area contributed by atoms with E-state index >= 15 is 0 Å². The number of carbonyl (C=O) groups is 5. The van der Waals surface area contributed by atoms with Crippen molar-refractivity contribution < 1.29 is 33.8 Å². The van der Waals surface area contributed by atoms with Crippen molar-refractivity contribution in [3.63, 3.8) is 0 Å². The van der Waals surface area contributed by atoms with Crippen molar-refractivity contribution in [2.45, 2.75) is 116 Å². The summed E-state index contributed by atoms with van der Waals surface area (Å²) in [5.41, 5.74) is -0.879. The highest BCUT2D eigenvalue weighted by Crippen LogP contribution is 2.65. The van der Waals surface area contributed by atoms with Gasteiger partial charge in [-0.2, -0.15) is 0 Å². The molecule has 1 heterocycles. The van der Waals surface area contributed by atoms with Gasteiger partial charge in [-0.1, -0.05) is 46.0 Å². The van der Waals surface area contributed by atoms with Crippen LogP contribution in [0, 0.1) is 29.1 Å². The summed E-state index contributed by atoms with van der Waals surface area (Å²) in [6, 6.07) is -2.76. The van der Waals surface area contributed by atoms with Crippen molar-refractivity contribution in [3.05, 3.63) is 0 Å². The zero-order chi connectivity index (χ0) is 28.7. The monoisotopic (exact) mass is 547 g/mol. The van der Waals surface area contributed by atoms with E-state index in [1.807, 2.05) is 0 Å². The molecule has 218 valence electrons. The Balaban J connectivity index is 1.54. The van der Waals surface area contributed by atoms with Crippen molar-refractivity contribution in [2.75, 3.05) is 6.54 Å². The van der Waals surface area contributed by atoms with Crippen molar-refractivity contribution >= 4 is 29.7 Å². The number of ketones is 1. The molecule has 3 aliphatic carbocycles. The lowest BCUT2D eigenvalue weighted by Gasteiger charge is -2.37. The molecule has 10 heteroatoms. The first-order valence-corrected chi connectivity index (χ1v) is 14.6. The molecular weight excluding hydrogens is 502 g/mol. The number of carbonyl (C=O) groups excluding carboxylic acids is 4. The quantitative estimate of drug-likeness (QED) is 0.356. The van der Waals surface area contributed by atoms with E-state index in [1.165, 1.54) is 0 Å². The van der Waals surface area contributed by atoms with Crippen molar-refractivity contribution in [1.29, 1.82) is 0 Å². The topological polar surface area (TPSA) is 142 Å². The fourth-order valence-electron chi connectivity index (χ4n) is 6.76. The molecule has 5 atom stereocenters. The van der Waals surface area contributed by atoms with Crippen LogP contribution in [0.4, 0.5) is 4.79 Å². The second-order valence-electron chi connectivity index (χ2n) is 13.7. The number of piperidine rings is 1. The highest BCUT2D eigenvalue weighted by molar-refractivity contribution is 6.35. The minimum absolute atomic E-state index is 0.0627. The molecule has 3 saturated carbocycles. The first-order valence-electron chi connectivity index (χ1n) is 14.6. The van der Waals surface area contributed by atoms with Gasteiger partial charge < -0.3 is 25.4 Å². The summed E-state index contributed by atoms with van der Waals surface area (Å²) in [7, 11) is 0. The molecular formula is C29H45N3O7. The van der Waals surface area contributed by atoms with Crippen molar-refractivity contribution in [3.8, 4) is 0 Å². The third-order valence-corrected chi connectivity index (χ3v) is 9.22. The third kappa shape index (κ3) is 6.74. The first kappa shape index (κ1) is 29.3. The number of carboxylic acid groups (broad SMARTS) is 1. The number of carboxylic acids is 1. The van der Waals surface area contributed by atoms with Gasteiger partial charge in [0.15, 0.2) is 0 Å². The van der Waals surface area contributed by atoms with Gasteiger partial charge in [0.25, 0.3) is 5.78 Å². The Labute approximate surface area is 231 Å². The Hall–Kier alpha value is -2.65. The Morgan fingerprint density at radius 2 is 1.64 bits per heavy atom. The van der Waals surface area contributed by atoms with Gasteiger partial charge >= 0.3 is 12.1 Å². The van der Waals surface area contributed by atoms with Crippen LogP contribution in [-0.4, -0.2) is 69.9 Å². The van der Waals surface area contributed by atoms with Gasteiger partial charge in [0.1, 0.15) is 17.7 Å². The number of Topliss-reactive ketones (excluding diaryl/α,β-unsaturated/α-hetero) is 1. The third-order valence-electron chi connectivity index (χ3n) is 9.22. The fraction of sp³-hybridized carbons (Fsp3) is 0.828. The van der Waals surface area contributed by atoms with Crippen LogP contribution in [-0.2, 0) is 23.9 Å². The van der Waals surface area contributed by atoms with Crippen LogP contribution < -0.4 is 10.6 Å². The summed E-state index contributed by atoms with van der Waals surface area (Å²) in [6.07, 6.45) is 7.00. The van der Waals surface area contributed by atoms with E-state index in [4.69, 9.17) is 4.74 Å². The van der Waals surface area contributed by atoms with Gasteiger partial charge in [-0.05, 0) is 75.5 Å². The van der Waals surface area contributed by atoms with Crippen LogP contribution in [0.2, 0.25) is 0 Å². The van der Waals surface area contributed by atoms with Gasteiger partial charge in [-0.25, -0.2) is 9.59 Å². The molecule has 10 nitrogen and oxygen atoms in total. The van der Waals surface area contributed by atoms with Crippen molar-refractivity contribution in [2.24, 2.45) is 29.1 Å². The van der Waals surface area contributed by atoms with Crippen LogP contribution in [0.1, 0.15) is 92.4 Å². The summed E-state index contributed by atoms with van der Waals surface area (Å²) >= 11 is 0. The number of amides is 3. The SMILES string of the molecule is CC(C)(C)OC(=O)N[C@H](C(=O)N1C[C@H]2[C@@H]([C@H]1C(=O)NC(CCC1CC1)C(=O)C(=O)O)C2(C)C)C1CCCCC1. The van der Waals surface area contributed by atoms with E-state index in [0.717, 1.165) is 44.9 Å². The fourth-order valence-corrected chi connectivity index (χ4v) is 6.76. The smallest absolute Gasteiger partial charge is 0.408 e. The molecule has 0 aromatic heterocycles. The lowest BCUT2D eigenvalue weighted by atomic mass is 9.83. The van der Waals surface area contributed by atoms with Gasteiger partial charge in [0.05, 0.1) is 6.04 Å². The molecule has 0 aromatic rings. The van der Waals surface area contributed by atoms with Gasteiger partial charge in [-0.3, -0.25) is 14.4 Å². The summed E-state index contributed by atoms with van der Waals surface area (Å²) in [4.78, 5) is 66.1. The lowest BCUT2D eigenvalue weighted by molar-refractivity contribution is -0.151. The maximum Gasteiger partial charge on any atom is 0.408 e. The predicted octanol–water partition coefficient (Wildman–Crippen LogP) is 3.27. The molecule has 39 heavy (non-hydrogen) atoms. The molecule has 1 unspecified atom stereocenters. The van der Waals surface area contributed by atoms with E-state index < -0.39 is 47.5 Å². The average molecular weight is 548 g/mol. The molecule has 0 aromatic carbocycles. The zero-order valence-corrected chi connectivity index (χ0v) is 24.0. The average Bonchev–Trinajstić information content (AvgIpc) is 3.71. The van der Waals surface area contributed by atoms with Crippen LogP contribution in [0.15, 0.2) is 0 Å². The van der Waals surface area contributed by atoms with E-state index in [1.54, 1.807) is 25.7 Å². The Morgan fingerprint density at radius 1 is 1.00 bits per heavy atom. The van der Waals surface area contributed by atoms with E-state index in [9.17, 15) is 29.1 Å². The molecule has 4 fully saturated rings. The molecule has 3 amide bonds. The number of ether oxygens (including phenoxy) is 1. The Morgan fingerprint density at radius 3 is 2.21 bits per heavy atom. The molecule has 0 radical (unpaired) electrons. The number of fused-ring (bicyclic) bond motifs is 1. The number of likely N-dealkylation sites (tertiary alicyclic amines) is 1. The van der Waals surface area contributed by atoms with Gasteiger partial charge in [0, 0.05) is 6.54 Å². The Kier molecular flexibility index (Phi) is 8.34. The van der Waals surface area contributed by atoms with Crippen LogP contribution in [0.25, 0.3) is 0 Å². The molecule has 1 saturated heterocycles. The van der Waals surface area contributed by atoms with E-state index in [2.05, 4.69) is 24.5 Å². The minimum Gasteiger partial charge on any atom is -0.475 e. The van der Waals surface area contributed by atoms with Crippen molar-refractivity contribution in [1.82, 2.24) is 15.5 Å². The maximum atomic E-state index is 14.1. The highest BCUT2D eigenvalue weighted by Gasteiger charge is 2.69. The summed E-state index contributed by atoms with van der Waals surface area (Å²) in [5, 5.41) is 14.9. The molecule has 4 aliphatic rings. The van der Waals surface area contributed by atoms with Gasteiger partial charge in [-0.15, -0.1) is 0 Å². The molecule has 4 rings (SSSR count). The standard InChI is InChI=1S/C29H45N3O7/c1-28(2,3)39-27(38)31-21(17-9-7-6-8-10-17)25(35)32-15-18-20(29(18,4)5)22(32)24(34)30-19(23(33)26(36)37)14-13-16-11-12-16/h16-22H,6-15H2,1-5H3,(H,30,34)(H,31,38)(H,36,37)/t18-,19?,20-,21-,22-/m0/s1. The number of nitrogens with one attached hydrogen (secondary N) is 2. The van der Waals surface area contributed by atoms with E-state index in [0.29, 0.717) is 18.9 Å². The molecule has 0 spiro atoms. The second kappa shape index (κ2) is 11.1. The number of hydrogen-bond acceptors (Lipinski definition) is 6. The number of rotatable bonds is 10. The molecule has 3 N–H and O–H groups in total. The normalized spacial score (nSPS) is 27.6. The first-order chi connectivity index (χ1) is 18.2. The largest absolute Gasteiger partial charge is 0.475 e. The minimum atomic E-state index is -1.57. The van der Waals surface area contributed by atoms with Crippen LogP contribution in [0.5, 0.6) is 0 Å². The second-order valence-corrected chi connectivity index (χ2v) is 13.7. The van der Waals surface area contributed by atoms with Gasteiger partial charge in [0.2, 0.25) is 11.8 Å².